The molecule has 0 saturated carbocycles. The highest BCUT2D eigenvalue weighted by Gasteiger charge is 2.50. The molecular weight excluding hydrogens is 304 g/mol. The van der Waals surface area contributed by atoms with E-state index in [1.54, 1.807) is 13.8 Å². The number of epoxide rings is 1. The summed E-state index contributed by atoms with van der Waals surface area (Å²) in [6, 6.07) is 0. The lowest BCUT2D eigenvalue weighted by molar-refractivity contribution is 0.0485. The molecule has 0 aromatic heterocycles. The van der Waals surface area contributed by atoms with Crippen LogP contribution in [0.5, 0.6) is 0 Å². The Morgan fingerprint density at radius 1 is 1.17 bits per heavy atom. The van der Waals surface area contributed by atoms with Gasteiger partial charge in [-0.15, -0.1) is 0 Å². The standard InChI is InChI=1S/C20H30O4/c1-14-6-7-17-20(4,24-17)10-5-9-18(2,21)11-8-15-16(12-14)23-13-19(15,3)22/h5,8-9,12,16-17,21-22H,6-7,10-11,13H2,1-4H3. The molecule has 5 unspecified atom stereocenters. The van der Waals surface area contributed by atoms with Crippen LogP contribution in [0.15, 0.2) is 35.5 Å². The van der Waals surface area contributed by atoms with Gasteiger partial charge in [-0.3, -0.25) is 0 Å². The zero-order valence-corrected chi connectivity index (χ0v) is 15.2. The molecular formula is C20H30O4. The summed E-state index contributed by atoms with van der Waals surface area (Å²) in [5, 5.41) is 21.2. The van der Waals surface area contributed by atoms with E-state index in [2.05, 4.69) is 19.9 Å². The number of fused-ring (bicyclic) bond motifs is 2. The van der Waals surface area contributed by atoms with Crippen molar-refractivity contribution in [1.82, 2.24) is 0 Å². The highest BCUT2D eigenvalue weighted by atomic mass is 16.6. The maximum atomic E-state index is 10.6. The average Bonchev–Trinajstić information content (AvgIpc) is 3.02. The molecule has 3 rings (SSSR count). The van der Waals surface area contributed by atoms with Gasteiger partial charge in [0.2, 0.25) is 0 Å². The summed E-state index contributed by atoms with van der Waals surface area (Å²) in [4.78, 5) is 0. The van der Waals surface area contributed by atoms with Crippen LogP contribution in [-0.4, -0.2) is 45.8 Å². The maximum Gasteiger partial charge on any atom is 0.109 e. The van der Waals surface area contributed by atoms with Crippen LogP contribution < -0.4 is 0 Å². The summed E-state index contributed by atoms with van der Waals surface area (Å²) in [6.07, 6.45) is 11.2. The van der Waals surface area contributed by atoms with E-state index in [1.165, 1.54) is 5.57 Å². The molecule has 2 heterocycles. The third-order valence-electron chi connectivity index (χ3n) is 5.48. The van der Waals surface area contributed by atoms with Crippen LogP contribution in [0.3, 0.4) is 0 Å². The van der Waals surface area contributed by atoms with Crippen molar-refractivity contribution in [3.63, 3.8) is 0 Å². The molecule has 0 amide bonds. The Kier molecular flexibility index (Phi) is 4.54. The third kappa shape index (κ3) is 3.83. The van der Waals surface area contributed by atoms with Crippen LogP contribution in [-0.2, 0) is 9.47 Å². The van der Waals surface area contributed by atoms with Gasteiger partial charge in [0.1, 0.15) is 5.60 Å². The minimum atomic E-state index is -0.976. The van der Waals surface area contributed by atoms with E-state index in [4.69, 9.17) is 9.47 Å². The van der Waals surface area contributed by atoms with E-state index in [1.807, 2.05) is 18.2 Å². The second kappa shape index (κ2) is 6.10. The normalized spacial score (nSPS) is 46.4. The molecule has 1 aliphatic carbocycles. The molecule has 2 saturated heterocycles. The van der Waals surface area contributed by atoms with Gasteiger partial charge in [-0.1, -0.05) is 29.9 Å². The summed E-state index contributed by atoms with van der Waals surface area (Å²) in [6.45, 7) is 8.10. The zero-order chi connectivity index (χ0) is 17.6. The van der Waals surface area contributed by atoms with Crippen LogP contribution >= 0.6 is 0 Å². The lowest BCUT2D eigenvalue weighted by atomic mass is 9.89. The SMILES string of the molecule is CC1=CC2OCC(C)(O)C2=CCC(C)(O)C=CCC2(C)OC2CC1. The van der Waals surface area contributed by atoms with Gasteiger partial charge in [-0.25, -0.2) is 0 Å². The van der Waals surface area contributed by atoms with Gasteiger partial charge in [0.15, 0.2) is 0 Å². The van der Waals surface area contributed by atoms with Crippen LogP contribution in [0.25, 0.3) is 0 Å². The summed E-state index contributed by atoms with van der Waals surface area (Å²) >= 11 is 0. The third-order valence-corrected chi connectivity index (χ3v) is 5.48. The van der Waals surface area contributed by atoms with E-state index >= 15 is 0 Å². The largest absolute Gasteiger partial charge is 0.386 e. The van der Waals surface area contributed by atoms with Gasteiger partial charge in [-0.2, -0.15) is 0 Å². The lowest BCUT2D eigenvalue weighted by Crippen LogP contribution is -2.28. The first kappa shape index (κ1) is 17.9. The summed E-state index contributed by atoms with van der Waals surface area (Å²) in [5.74, 6) is 0. The predicted molar refractivity (Wildman–Crippen MR) is 93.7 cm³/mol. The molecule has 2 fully saturated rings. The molecule has 0 spiro atoms. The number of hydrogen-bond acceptors (Lipinski definition) is 4. The Labute approximate surface area is 144 Å². The molecule has 134 valence electrons. The molecule has 0 aromatic carbocycles. The van der Waals surface area contributed by atoms with Crippen LogP contribution in [0, 0.1) is 0 Å². The molecule has 2 aliphatic heterocycles. The summed E-state index contributed by atoms with van der Waals surface area (Å²) in [7, 11) is 0. The van der Waals surface area contributed by atoms with Crippen molar-refractivity contribution in [2.24, 2.45) is 0 Å². The highest BCUT2D eigenvalue weighted by molar-refractivity contribution is 5.31. The molecule has 0 aromatic rings. The van der Waals surface area contributed by atoms with Gasteiger partial charge >= 0.3 is 0 Å². The van der Waals surface area contributed by atoms with Crippen molar-refractivity contribution in [3.8, 4) is 0 Å². The quantitative estimate of drug-likeness (QED) is 0.528. The van der Waals surface area contributed by atoms with Gasteiger partial charge in [0, 0.05) is 0 Å². The molecule has 0 bridgehead atoms. The lowest BCUT2D eigenvalue weighted by Gasteiger charge is -2.22. The molecule has 24 heavy (non-hydrogen) atoms. The molecule has 4 nitrogen and oxygen atoms in total. The number of allylic oxidation sites excluding steroid dienone is 1. The molecule has 4 heteroatoms. The second-order valence-corrected chi connectivity index (χ2v) is 8.30. The van der Waals surface area contributed by atoms with E-state index in [9.17, 15) is 10.2 Å². The molecule has 5 atom stereocenters. The number of ether oxygens (including phenoxy) is 2. The van der Waals surface area contributed by atoms with Gasteiger partial charge in [0.25, 0.3) is 0 Å². The molecule has 2 N–H and O–H groups in total. The first-order chi connectivity index (χ1) is 11.1. The Morgan fingerprint density at radius 2 is 1.92 bits per heavy atom. The van der Waals surface area contributed by atoms with Crippen molar-refractivity contribution in [3.05, 3.63) is 35.5 Å². The first-order valence-electron chi connectivity index (χ1n) is 8.91. The fourth-order valence-electron chi connectivity index (χ4n) is 3.67. The zero-order valence-electron chi connectivity index (χ0n) is 15.2. The van der Waals surface area contributed by atoms with Crippen LogP contribution in [0.2, 0.25) is 0 Å². The fraction of sp³-hybridized carbons (Fsp3) is 0.700. The Balaban J connectivity index is 1.88. The van der Waals surface area contributed by atoms with Crippen molar-refractivity contribution in [1.29, 1.82) is 0 Å². The summed E-state index contributed by atoms with van der Waals surface area (Å²) in [5.41, 5.74) is 0.0860. The van der Waals surface area contributed by atoms with Gasteiger partial charge in [0.05, 0.1) is 30.0 Å². The Morgan fingerprint density at radius 3 is 2.67 bits per heavy atom. The van der Waals surface area contributed by atoms with Crippen molar-refractivity contribution in [2.75, 3.05) is 6.61 Å². The topological polar surface area (TPSA) is 62.2 Å². The fourth-order valence-corrected chi connectivity index (χ4v) is 3.67. The van der Waals surface area contributed by atoms with E-state index in [0.717, 1.165) is 24.8 Å². The number of rotatable bonds is 0. The number of hydrogen-bond donors (Lipinski definition) is 2. The predicted octanol–water partition coefficient (Wildman–Crippen LogP) is 3.05. The van der Waals surface area contributed by atoms with Crippen LogP contribution in [0.4, 0.5) is 0 Å². The first-order valence-corrected chi connectivity index (χ1v) is 8.91. The highest BCUT2D eigenvalue weighted by Crippen LogP contribution is 2.43. The van der Waals surface area contributed by atoms with E-state index < -0.39 is 11.2 Å². The molecule has 3 aliphatic rings. The van der Waals surface area contributed by atoms with Crippen LogP contribution in [0.1, 0.15) is 53.4 Å². The maximum absolute atomic E-state index is 10.6. The van der Waals surface area contributed by atoms with E-state index in [0.29, 0.717) is 6.42 Å². The van der Waals surface area contributed by atoms with Crippen molar-refractivity contribution < 1.29 is 19.7 Å². The van der Waals surface area contributed by atoms with Crippen molar-refractivity contribution >= 4 is 0 Å². The Bertz CT molecular complexity index is 584. The second-order valence-electron chi connectivity index (χ2n) is 8.30. The van der Waals surface area contributed by atoms with Gasteiger partial charge < -0.3 is 19.7 Å². The Hall–Kier alpha value is -0.940. The minimum absolute atomic E-state index is 0.0918. The van der Waals surface area contributed by atoms with Gasteiger partial charge in [-0.05, 0) is 59.0 Å². The monoisotopic (exact) mass is 334 g/mol. The average molecular weight is 334 g/mol. The van der Waals surface area contributed by atoms with E-state index in [-0.39, 0.29) is 24.4 Å². The van der Waals surface area contributed by atoms with Crippen molar-refractivity contribution in [2.45, 2.75) is 82.4 Å². The smallest absolute Gasteiger partial charge is 0.109 e. The number of aliphatic hydroxyl groups is 2. The molecule has 0 radical (unpaired) electrons. The minimum Gasteiger partial charge on any atom is -0.386 e. The summed E-state index contributed by atoms with van der Waals surface area (Å²) < 4.78 is 11.7.